The van der Waals surface area contributed by atoms with E-state index in [1.54, 1.807) is 4.68 Å². The van der Waals surface area contributed by atoms with Gasteiger partial charge in [-0.1, -0.05) is 31.2 Å². The fourth-order valence-corrected chi connectivity index (χ4v) is 1.88. The molecule has 1 aromatic heterocycles. The Labute approximate surface area is 111 Å². The molecule has 2 aromatic rings. The van der Waals surface area contributed by atoms with Crippen LogP contribution in [0.15, 0.2) is 29.4 Å². The van der Waals surface area contributed by atoms with E-state index in [-0.39, 0.29) is 0 Å². The molecule has 1 N–H and O–H groups in total. The lowest BCUT2D eigenvalue weighted by molar-refractivity contribution is 0.740. The van der Waals surface area contributed by atoms with E-state index in [1.165, 1.54) is 5.56 Å². The number of benzene rings is 1. The number of hydrogen-bond donors (Lipinski definition) is 1. The second kappa shape index (κ2) is 5.73. The zero-order valence-corrected chi connectivity index (χ0v) is 11.4. The first-order chi connectivity index (χ1) is 8.72. The van der Waals surface area contributed by atoms with Crippen LogP contribution in [-0.2, 0) is 6.42 Å². The molecule has 5 heteroatoms. The molecule has 0 bridgehead atoms. The van der Waals surface area contributed by atoms with Gasteiger partial charge in [-0.2, -0.15) is 14.9 Å². The van der Waals surface area contributed by atoms with E-state index < -0.39 is 0 Å². The minimum Gasteiger partial charge on any atom is -0.250 e. The van der Waals surface area contributed by atoms with E-state index >= 15 is 0 Å². The Morgan fingerprint density at radius 1 is 1.44 bits per heavy atom. The molecule has 0 atom stereocenters. The number of H-pyrrole nitrogens is 1. The summed E-state index contributed by atoms with van der Waals surface area (Å²) in [7, 11) is 0. The molecular weight excluding hydrogens is 244 g/mol. The Kier molecular flexibility index (Phi) is 4.04. The number of aromatic amines is 1. The first kappa shape index (κ1) is 12.7. The summed E-state index contributed by atoms with van der Waals surface area (Å²) in [6.07, 6.45) is 3.69. The summed E-state index contributed by atoms with van der Waals surface area (Å²) < 4.78 is 2.22. The molecule has 0 aliphatic rings. The molecule has 0 saturated heterocycles. The quantitative estimate of drug-likeness (QED) is 0.678. The van der Waals surface area contributed by atoms with E-state index in [4.69, 9.17) is 12.2 Å². The summed E-state index contributed by atoms with van der Waals surface area (Å²) in [6, 6.07) is 8.10. The topological polar surface area (TPSA) is 46.0 Å². The maximum absolute atomic E-state index is 5.17. The van der Waals surface area contributed by atoms with Crippen LogP contribution in [0.4, 0.5) is 0 Å². The summed E-state index contributed by atoms with van der Waals surface area (Å²) >= 11 is 5.17. The van der Waals surface area contributed by atoms with Crippen molar-refractivity contribution in [2.45, 2.75) is 26.7 Å². The van der Waals surface area contributed by atoms with E-state index in [1.807, 2.05) is 24.4 Å². The van der Waals surface area contributed by atoms with Gasteiger partial charge in [0.2, 0.25) is 4.77 Å². The minimum absolute atomic E-state index is 0.531. The van der Waals surface area contributed by atoms with Crippen LogP contribution in [0.3, 0.4) is 0 Å². The number of hydrogen-bond acceptors (Lipinski definition) is 3. The fraction of sp³-hybridized carbons (Fsp3) is 0.308. The van der Waals surface area contributed by atoms with Crippen molar-refractivity contribution >= 4 is 18.4 Å². The first-order valence-corrected chi connectivity index (χ1v) is 6.39. The molecule has 0 aliphatic carbocycles. The highest BCUT2D eigenvalue weighted by Crippen LogP contribution is 2.05. The first-order valence-electron chi connectivity index (χ1n) is 5.98. The third-order valence-electron chi connectivity index (χ3n) is 2.69. The second-order valence-corrected chi connectivity index (χ2v) is 4.49. The Morgan fingerprint density at radius 3 is 2.94 bits per heavy atom. The van der Waals surface area contributed by atoms with Gasteiger partial charge in [0.1, 0.15) is 0 Å². The number of aromatic nitrogens is 3. The Bertz CT molecular complexity index is 609. The van der Waals surface area contributed by atoms with Gasteiger partial charge in [0.25, 0.3) is 0 Å². The molecular formula is C13H16N4S. The zero-order chi connectivity index (χ0) is 13.0. The Hall–Kier alpha value is -1.75. The van der Waals surface area contributed by atoms with Crippen LogP contribution in [0.5, 0.6) is 0 Å². The van der Waals surface area contributed by atoms with Gasteiger partial charge < -0.3 is 0 Å². The molecule has 2 rings (SSSR count). The SMILES string of the molecule is CCCc1n[nH]c(=S)n1N=Cc1ccccc1C. The number of nitrogens with zero attached hydrogens (tertiary/aromatic N) is 3. The highest BCUT2D eigenvalue weighted by molar-refractivity contribution is 7.71. The van der Waals surface area contributed by atoms with Crippen molar-refractivity contribution in [1.82, 2.24) is 14.9 Å². The van der Waals surface area contributed by atoms with Gasteiger partial charge in [-0.05, 0) is 36.7 Å². The van der Waals surface area contributed by atoms with Gasteiger partial charge >= 0.3 is 0 Å². The molecule has 0 aliphatic heterocycles. The normalized spacial score (nSPS) is 11.2. The summed E-state index contributed by atoms with van der Waals surface area (Å²) in [5, 5.41) is 11.4. The maximum Gasteiger partial charge on any atom is 0.216 e. The van der Waals surface area contributed by atoms with Gasteiger partial charge in [0.15, 0.2) is 5.82 Å². The van der Waals surface area contributed by atoms with E-state index in [9.17, 15) is 0 Å². The summed E-state index contributed by atoms with van der Waals surface area (Å²) in [5.74, 6) is 0.868. The van der Waals surface area contributed by atoms with Crippen molar-refractivity contribution in [1.29, 1.82) is 0 Å². The largest absolute Gasteiger partial charge is 0.250 e. The van der Waals surface area contributed by atoms with Crippen LogP contribution in [0, 0.1) is 11.7 Å². The van der Waals surface area contributed by atoms with Crippen molar-refractivity contribution in [2.75, 3.05) is 0 Å². The molecule has 0 fully saturated rings. The van der Waals surface area contributed by atoms with Crippen molar-refractivity contribution < 1.29 is 0 Å². The molecule has 1 aromatic carbocycles. The standard InChI is InChI=1S/C13H16N4S/c1-3-6-12-15-16-13(18)17(12)14-9-11-8-5-4-7-10(11)2/h4-5,7-9H,3,6H2,1-2H3,(H,16,18). The van der Waals surface area contributed by atoms with E-state index in [0.29, 0.717) is 4.77 Å². The number of nitrogens with one attached hydrogen (secondary N) is 1. The van der Waals surface area contributed by atoms with Crippen molar-refractivity contribution in [3.05, 3.63) is 46.0 Å². The predicted octanol–water partition coefficient (Wildman–Crippen LogP) is 3.08. The third-order valence-corrected chi connectivity index (χ3v) is 2.96. The summed E-state index contributed by atoms with van der Waals surface area (Å²) in [4.78, 5) is 0. The fourth-order valence-electron chi connectivity index (χ4n) is 1.68. The molecule has 18 heavy (non-hydrogen) atoms. The van der Waals surface area contributed by atoms with Crippen molar-refractivity contribution in [3.63, 3.8) is 0 Å². The monoisotopic (exact) mass is 260 g/mol. The highest BCUT2D eigenvalue weighted by Gasteiger charge is 2.03. The van der Waals surface area contributed by atoms with Gasteiger partial charge in [0, 0.05) is 6.42 Å². The molecule has 0 spiro atoms. The van der Waals surface area contributed by atoms with Gasteiger partial charge in [0.05, 0.1) is 6.21 Å². The van der Waals surface area contributed by atoms with Crippen LogP contribution in [0.1, 0.15) is 30.3 Å². The molecule has 0 amide bonds. The molecule has 1 heterocycles. The van der Waals surface area contributed by atoms with E-state index in [0.717, 1.165) is 24.2 Å². The van der Waals surface area contributed by atoms with Gasteiger partial charge in [-0.25, -0.2) is 0 Å². The van der Waals surface area contributed by atoms with Crippen LogP contribution < -0.4 is 0 Å². The van der Waals surface area contributed by atoms with Gasteiger partial charge in [-0.3, -0.25) is 5.10 Å². The Morgan fingerprint density at radius 2 is 2.22 bits per heavy atom. The second-order valence-electron chi connectivity index (χ2n) is 4.11. The average molecular weight is 260 g/mol. The Balaban J connectivity index is 2.32. The number of aryl methyl sites for hydroxylation is 2. The van der Waals surface area contributed by atoms with Crippen LogP contribution in [0.2, 0.25) is 0 Å². The third kappa shape index (κ3) is 2.73. The smallest absolute Gasteiger partial charge is 0.216 e. The van der Waals surface area contributed by atoms with Crippen LogP contribution >= 0.6 is 12.2 Å². The molecule has 94 valence electrons. The summed E-state index contributed by atoms with van der Waals surface area (Å²) in [5.41, 5.74) is 2.27. The lowest BCUT2D eigenvalue weighted by atomic mass is 10.1. The lowest BCUT2D eigenvalue weighted by Gasteiger charge is -2.00. The zero-order valence-electron chi connectivity index (χ0n) is 10.6. The minimum atomic E-state index is 0.531. The summed E-state index contributed by atoms with van der Waals surface area (Å²) in [6.45, 7) is 4.16. The van der Waals surface area contributed by atoms with Gasteiger partial charge in [-0.15, -0.1) is 0 Å². The average Bonchev–Trinajstić information content (AvgIpc) is 2.70. The maximum atomic E-state index is 5.17. The number of rotatable bonds is 4. The molecule has 4 nitrogen and oxygen atoms in total. The molecule has 0 radical (unpaired) electrons. The van der Waals surface area contributed by atoms with Crippen LogP contribution in [-0.4, -0.2) is 21.1 Å². The predicted molar refractivity (Wildman–Crippen MR) is 75.6 cm³/mol. The lowest BCUT2D eigenvalue weighted by Crippen LogP contribution is -1.99. The highest BCUT2D eigenvalue weighted by atomic mass is 32.1. The van der Waals surface area contributed by atoms with E-state index in [2.05, 4.69) is 35.2 Å². The van der Waals surface area contributed by atoms with Crippen molar-refractivity contribution in [3.8, 4) is 0 Å². The van der Waals surface area contributed by atoms with Crippen molar-refractivity contribution in [2.24, 2.45) is 5.10 Å². The molecule has 0 saturated carbocycles. The van der Waals surface area contributed by atoms with Crippen LogP contribution in [0.25, 0.3) is 0 Å². The molecule has 0 unspecified atom stereocenters.